The lowest BCUT2D eigenvalue weighted by Gasteiger charge is -1.99. The minimum atomic E-state index is -0.828. The first-order chi connectivity index (χ1) is 6.06. The van der Waals surface area contributed by atoms with E-state index >= 15 is 0 Å². The van der Waals surface area contributed by atoms with Crippen molar-refractivity contribution in [1.29, 1.82) is 0 Å². The van der Waals surface area contributed by atoms with Gasteiger partial charge in [-0.3, -0.25) is 25.3 Å². The van der Waals surface area contributed by atoms with Gasteiger partial charge in [0.2, 0.25) is 5.95 Å². The zero-order valence-corrected chi connectivity index (χ0v) is 6.70. The molecule has 0 aliphatic rings. The molecule has 0 aliphatic carbocycles. The number of hydrogen-bond donors (Lipinski definition) is 3. The Bertz CT molecular complexity index is 398. The zero-order valence-electron chi connectivity index (χ0n) is 6.70. The van der Waals surface area contributed by atoms with Gasteiger partial charge in [-0.2, -0.15) is 0 Å². The number of aromatic amines is 1. The second-order valence-electron chi connectivity index (χ2n) is 2.25. The topological polar surface area (TPSA) is 127 Å². The molecule has 70 valence electrons. The maximum atomic E-state index is 11.0. The van der Waals surface area contributed by atoms with E-state index in [0.29, 0.717) is 0 Å². The number of anilines is 1. The molecule has 0 unspecified atom stereocenters. The van der Waals surface area contributed by atoms with Crippen LogP contribution in [0.2, 0.25) is 0 Å². The minimum absolute atomic E-state index is 0.00639. The van der Waals surface area contributed by atoms with Gasteiger partial charge in [-0.15, -0.1) is 0 Å². The molecule has 0 aromatic carbocycles. The van der Waals surface area contributed by atoms with Crippen LogP contribution in [-0.2, 0) is 0 Å². The van der Waals surface area contributed by atoms with Crippen LogP contribution in [0.3, 0.4) is 0 Å². The summed E-state index contributed by atoms with van der Waals surface area (Å²) >= 11 is 0. The maximum absolute atomic E-state index is 11.0. The van der Waals surface area contributed by atoms with E-state index < -0.39 is 16.2 Å². The minimum Gasteiger partial charge on any atom is -0.294 e. The predicted octanol–water partition coefficient (Wildman–Crippen LogP) is -0.728. The lowest BCUT2D eigenvalue weighted by molar-refractivity contribution is -0.387. The molecule has 1 rings (SSSR count). The van der Waals surface area contributed by atoms with E-state index in [1.807, 2.05) is 0 Å². The van der Waals surface area contributed by atoms with Crippen LogP contribution in [0.5, 0.6) is 0 Å². The lowest BCUT2D eigenvalue weighted by atomic mass is 10.4. The van der Waals surface area contributed by atoms with Gasteiger partial charge >= 0.3 is 11.2 Å². The highest BCUT2D eigenvalue weighted by atomic mass is 16.6. The Morgan fingerprint density at radius 3 is 2.69 bits per heavy atom. The summed E-state index contributed by atoms with van der Waals surface area (Å²) in [4.78, 5) is 26.3. The molecule has 0 saturated carbocycles. The van der Waals surface area contributed by atoms with Gasteiger partial charge in [0.05, 0.1) is 4.92 Å². The molecule has 0 atom stereocenters. The van der Waals surface area contributed by atoms with Gasteiger partial charge in [0.1, 0.15) is 5.69 Å². The number of aryl methyl sites for hydroxylation is 1. The summed E-state index contributed by atoms with van der Waals surface area (Å²) in [5.74, 6) is 4.95. The summed E-state index contributed by atoms with van der Waals surface area (Å²) in [5.41, 5.74) is 0.702. The van der Waals surface area contributed by atoms with Crippen molar-refractivity contribution < 1.29 is 4.92 Å². The summed E-state index contributed by atoms with van der Waals surface area (Å²) in [6.45, 7) is 1.36. The second-order valence-corrected chi connectivity index (χ2v) is 2.25. The highest BCUT2D eigenvalue weighted by molar-refractivity contribution is 5.36. The number of nitrogens with one attached hydrogen (secondary N) is 2. The van der Waals surface area contributed by atoms with Gasteiger partial charge in [-0.05, 0) is 6.92 Å². The van der Waals surface area contributed by atoms with Crippen molar-refractivity contribution in [3.63, 3.8) is 0 Å². The maximum Gasteiger partial charge on any atom is 0.354 e. The molecule has 0 saturated heterocycles. The fourth-order valence-electron chi connectivity index (χ4n) is 0.863. The predicted molar refractivity (Wildman–Crippen MR) is 44.1 cm³/mol. The quantitative estimate of drug-likeness (QED) is 0.316. The third kappa shape index (κ3) is 1.62. The first kappa shape index (κ1) is 9.13. The SMILES string of the molecule is Cc1nc(NN)[nH]c(=O)c1[N+](=O)[O-]. The molecule has 0 bridgehead atoms. The number of aromatic nitrogens is 2. The Balaban J connectivity index is 3.40. The third-order valence-electron chi connectivity index (χ3n) is 1.39. The van der Waals surface area contributed by atoms with Gasteiger partial charge in [0.25, 0.3) is 0 Å². The Morgan fingerprint density at radius 2 is 2.31 bits per heavy atom. The van der Waals surface area contributed by atoms with Crippen molar-refractivity contribution >= 4 is 11.6 Å². The van der Waals surface area contributed by atoms with Gasteiger partial charge in [0.15, 0.2) is 0 Å². The molecule has 8 heteroatoms. The van der Waals surface area contributed by atoms with Crippen LogP contribution >= 0.6 is 0 Å². The number of nitrogens with zero attached hydrogens (tertiary/aromatic N) is 2. The normalized spacial score (nSPS) is 9.69. The van der Waals surface area contributed by atoms with E-state index in [9.17, 15) is 14.9 Å². The van der Waals surface area contributed by atoms with Crippen molar-refractivity contribution in [2.75, 3.05) is 5.43 Å². The van der Waals surface area contributed by atoms with Crippen LogP contribution < -0.4 is 16.8 Å². The van der Waals surface area contributed by atoms with Crippen molar-refractivity contribution in [2.45, 2.75) is 6.92 Å². The van der Waals surface area contributed by atoms with Gasteiger partial charge in [-0.25, -0.2) is 10.8 Å². The van der Waals surface area contributed by atoms with E-state index in [2.05, 4.69) is 15.4 Å². The Labute approximate surface area is 71.9 Å². The Hall–Kier alpha value is -1.96. The Morgan fingerprint density at radius 1 is 1.69 bits per heavy atom. The summed E-state index contributed by atoms with van der Waals surface area (Å²) in [7, 11) is 0. The third-order valence-corrected chi connectivity index (χ3v) is 1.39. The molecule has 1 heterocycles. The molecular weight excluding hydrogens is 178 g/mol. The van der Waals surface area contributed by atoms with E-state index in [4.69, 9.17) is 5.84 Å². The first-order valence-corrected chi connectivity index (χ1v) is 3.28. The second kappa shape index (κ2) is 3.19. The van der Waals surface area contributed by atoms with Gasteiger partial charge < -0.3 is 0 Å². The number of nitrogens with two attached hydrogens (primary N) is 1. The molecule has 8 nitrogen and oxygen atoms in total. The molecule has 1 aromatic heterocycles. The fourth-order valence-corrected chi connectivity index (χ4v) is 0.863. The van der Waals surface area contributed by atoms with Crippen LogP contribution in [0.4, 0.5) is 11.6 Å². The molecular formula is C5H7N5O3. The summed E-state index contributed by atoms with van der Waals surface area (Å²) in [5, 5.41) is 10.3. The van der Waals surface area contributed by atoms with Crippen molar-refractivity contribution in [3.8, 4) is 0 Å². The number of hydrogen-bond acceptors (Lipinski definition) is 6. The molecule has 0 radical (unpaired) electrons. The molecule has 1 aromatic rings. The molecule has 13 heavy (non-hydrogen) atoms. The van der Waals surface area contributed by atoms with Crippen LogP contribution in [0.15, 0.2) is 4.79 Å². The fraction of sp³-hybridized carbons (Fsp3) is 0.200. The van der Waals surface area contributed by atoms with Gasteiger partial charge in [0, 0.05) is 0 Å². The first-order valence-electron chi connectivity index (χ1n) is 3.28. The van der Waals surface area contributed by atoms with E-state index in [-0.39, 0.29) is 11.6 Å². The van der Waals surface area contributed by atoms with Crippen LogP contribution in [0, 0.1) is 17.0 Å². The van der Waals surface area contributed by atoms with Crippen molar-refractivity contribution in [2.24, 2.45) is 5.84 Å². The molecule has 4 N–H and O–H groups in total. The summed E-state index contributed by atoms with van der Waals surface area (Å²) in [6, 6.07) is 0. The largest absolute Gasteiger partial charge is 0.354 e. The number of H-pyrrole nitrogens is 1. The molecule has 0 aliphatic heterocycles. The smallest absolute Gasteiger partial charge is 0.294 e. The molecule has 0 amide bonds. The molecule has 0 fully saturated rings. The molecule has 0 spiro atoms. The zero-order chi connectivity index (χ0) is 10.0. The van der Waals surface area contributed by atoms with Crippen LogP contribution in [0.1, 0.15) is 5.69 Å². The highest BCUT2D eigenvalue weighted by Gasteiger charge is 2.18. The standard InChI is InChI=1S/C5H7N5O3/c1-2-3(10(12)13)4(11)8-5(7-2)9-6/h6H2,1H3,(H2,7,8,9,11). The van der Waals surface area contributed by atoms with Crippen molar-refractivity contribution in [1.82, 2.24) is 9.97 Å². The monoisotopic (exact) mass is 185 g/mol. The van der Waals surface area contributed by atoms with Crippen LogP contribution in [-0.4, -0.2) is 14.9 Å². The Kier molecular flexibility index (Phi) is 2.24. The van der Waals surface area contributed by atoms with E-state index in [1.54, 1.807) is 0 Å². The van der Waals surface area contributed by atoms with E-state index in [0.717, 1.165) is 0 Å². The average molecular weight is 185 g/mol. The van der Waals surface area contributed by atoms with Gasteiger partial charge in [-0.1, -0.05) is 0 Å². The van der Waals surface area contributed by atoms with E-state index in [1.165, 1.54) is 6.92 Å². The number of hydrazine groups is 1. The van der Waals surface area contributed by atoms with Crippen LogP contribution in [0.25, 0.3) is 0 Å². The average Bonchev–Trinajstić information content (AvgIpc) is 2.02. The number of nitrogen functional groups attached to an aromatic ring is 1. The highest BCUT2D eigenvalue weighted by Crippen LogP contribution is 2.08. The summed E-state index contributed by atoms with van der Waals surface area (Å²) < 4.78 is 0. The number of nitro groups is 1. The lowest BCUT2D eigenvalue weighted by Crippen LogP contribution is -2.20. The number of rotatable bonds is 2. The summed E-state index contributed by atoms with van der Waals surface area (Å²) in [6.07, 6.45) is 0. The van der Waals surface area contributed by atoms with Crippen molar-refractivity contribution in [3.05, 3.63) is 26.2 Å².